The van der Waals surface area contributed by atoms with Crippen LogP contribution in [0.15, 0.2) is 59.7 Å². The average molecular weight is 350 g/mol. The Balaban J connectivity index is 1.63. The Labute approximate surface area is 148 Å². The maximum atomic E-state index is 13.5. The summed E-state index contributed by atoms with van der Waals surface area (Å²) >= 11 is 0. The van der Waals surface area contributed by atoms with E-state index in [9.17, 15) is 14.3 Å². The summed E-state index contributed by atoms with van der Waals surface area (Å²) in [6.45, 7) is 0.397. The van der Waals surface area contributed by atoms with Crippen molar-refractivity contribution in [3.05, 3.63) is 71.5 Å². The zero-order chi connectivity index (χ0) is 18.1. The number of nitrogens with zero attached hydrogens (tertiary/aromatic N) is 1. The minimum Gasteiger partial charge on any atom is -0.506 e. The van der Waals surface area contributed by atoms with Gasteiger partial charge in [0.05, 0.1) is 17.9 Å². The van der Waals surface area contributed by atoms with Crippen LogP contribution in [0.5, 0.6) is 11.5 Å². The topological polar surface area (TPSA) is 70.9 Å². The molecule has 0 fully saturated rings. The van der Waals surface area contributed by atoms with E-state index in [-0.39, 0.29) is 11.3 Å². The van der Waals surface area contributed by atoms with Gasteiger partial charge >= 0.3 is 0 Å². The summed E-state index contributed by atoms with van der Waals surface area (Å²) in [5.74, 6) is -0.510. The van der Waals surface area contributed by atoms with Gasteiger partial charge in [0.15, 0.2) is 0 Å². The maximum absolute atomic E-state index is 13.5. The molecule has 6 heteroatoms. The third-order valence-corrected chi connectivity index (χ3v) is 4.29. The number of aromatic hydroxyl groups is 1. The van der Waals surface area contributed by atoms with Gasteiger partial charge in [-0.3, -0.25) is 4.79 Å². The highest BCUT2D eigenvalue weighted by Gasteiger charge is 2.19. The Morgan fingerprint density at radius 2 is 2.00 bits per heavy atom. The van der Waals surface area contributed by atoms with E-state index in [1.807, 2.05) is 12.1 Å². The molecule has 0 bridgehead atoms. The Kier molecular flexibility index (Phi) is 4.01. The van der Waals surface area contributed by atoms with Crippen molar-refractivity contribution in [1.29, 1.82) is 0 Å². The number of carbonyl (C=O) groups is 1. The van der Waals surface area contributed by atoms with Crippen LogP contribution in [-0.2, 0) is 0 Å². The quantitative estimate of drug-likeness (QED) is 0.694. The first kappa shape index (κ1) is 16.1. The van der Waals surface area contributed by atoms with Gasteiger partial charge < -0.3 is 9.84 Å². The van der Waals surface area contributed by atoms with Crippen molar-refractivity contribution in [3.63, 3.8) is 0 Å². The number of rotatable bonds is 2. The van der Waals surface area contributed by atoms with E-state index in [1.54, 1.807) is 24.3 Å². The highest BCUT2D eigenvalue weighted by atomic mass is 19.1. The van der Waals surface area contributed by atoms with Gasteiger partial charge in [0.2, 0.25) is 0 Å². The van der Waals surface area contributed by atoms with Crippen LogP contribution in [0, 0.1) is 5.82 Å². The Morgan fingerprint density at radius 1 is 1.15 bits per heavy atom. The second-order valence-corrected chi connectivity index (χ2v) is 5.92. The van der Waals surface area contributed by atoms with E-state index in [0.717, 1.165) is 5.39 Å². The predicted octanol–water partition coefficient (Wildman–Crippen LogP) is 3.60. The number of phenolic OH excluding ortho intramolecular Hbond substituents is 1. The van der Waals surface area contributed by atoms with Crippen molar-refractivity contribution in [2.75, 3.05) is 6.61 Å². The van der Waals surface area contributed by atoms with Gasteiger partial charge in [-0.05, 0) is 29.7 Å². The van der Waals surface area contributed by atoms with Crippen molar-refractivity contribution in [3.8, 4) is 11.5 Å². The molecule has 4 rings (SSSR count). The molecule has 2 N–H and O–H groups in total. The third-order valence-electron chi connectivity index (χ3n) is 4.29. The summed E-state index contributed by atoms with van der Waals surface area (Å²) in [6.07, 6.45) is 0.445. The summed E-state index contributed by atoms with van der Waals surface area (Å²) in [5.41, 5.74) is 3.61. The second kappa shape index (κ2) is 6.48. The number of ether oxygens (including phenoxy) is 1. The van der Waals surface area contributed by atoms with Gasteiger partial charge in [-0.15, -0.1) is 0 Å². The fraction of sp³-hybridized carbons (Fsp3) is 0.100. The Morgan fingerprint density at radius 3 is 2.88 bits per heavy atom. The van der Waals surface area contributed by atoms with Crippen LogP contribution in [0.1, 0.15) is 22.3 Å². The number of carbonyl (C=O) groups excluding carboxylic acids is 1. The number of fused-ring (bicyclic) bond motifs is 2. The van der Waals surface area contributed by atoms with Crippen LogP contribution < -0.4 is 10.2 Å². The Hall–Kier alpha value is -3.41. The lowest BCUT2D eigenvalue weighted by Crippen LogP contribution is -2.23. The predicted molar refractivity (Wildman–Crippen MR) is 96.1 cm³/mol. The van der Waals surface area contributed by atoms with Crippen LogP contribution in [-0.4, -0.2) is 23.3 Å². The molecular formula is C20H15FN2O3. The van der Waals surface area contributed by atoms with Gasteiger partial charge in [-0.25, -0.2) is 9.82 Å². The van der Waals surface area contributed by atoms with E-state index in [1.165, 1.54) is 18.2 Å². The van der Waals surface area contributed by atoms with Gasteiger partial charge in [-0.2, -0.15) is 5.10 Å². The van der Waals surface area contributed by atoms with E-state index in [4.69, 9.17) is 4.74 Å². The number of hydrogen-bond donors (Lipinski definition) is 2. The van der Waals surface area contributed by atoms with E-state index >= 15 is 0 Å². The van der Waals surface area contributed by atoms with Gasteiger partial charge in [0.1, 0.15) is 17.3 Å². The molecule has 0 aliphatic carbocycles. The van der Waals surface area contributed by atoms with Crippen LogP contribution in [0.25, 0.3) is 10.8 Å². The fourth-order valence-electron chi connectivity index (χ4n) is 2.98. The molecule has 0 saturated heterocycles. The summed E-state index contributed by atoms with van der Waals surface area (Å²) in [7, 11) is 0. The normalized spacial score (nSPS) is 14.7. The van der Waals surface area contributed by atoms with Crippen molar-refractivity contribution < 1.29 is 19.0 Å². The standard InChI is InChI=1S/C20H15FN2O3/c21-13-6-8-18-16(11-13)17(9-10-26-18)22-23-20(25)15-7-5-12-3-1-2-4-14(12)19(15)24/h1-8,11,24H,9-10H2,(H,23,25)/b22-17-. The molecule has 5 nitrogen and oxygen atoms in total. The van der Waals surface area contributed by atoms with Crippen molar-refractivity contribution >= 4 is 22.4 Å². The van der Waals surface area contributed by atoms with Crippen LogP contribution in [0.2, 0.25) is 0 Å². The van der Waals surface area contributed by atoms with Crippen molar-refractivity contribution in [1.82, 2.24) is 5.43 Å². The molecule has 3 aromatic rings. The Bertz CT molecular complexity index is 1050. The van der Waals surface area contributed by atoms with Crippen molar-refractivity contribution in [2.45, 2.75) is 6.42 Å². The second-order valence-electron chi connectivity index (χ2n) is 5.92. The lowest BCUT2D eigenvalue weighted by atomic mass is 10.0. The van der Waals surface area contributed by atoms with Crippen molar-refractivity contribution in [2.24, 2.45) is 5.10 Å². The molecule has 3 aromatic carbocycles. The zero-order valence-corrected chi connectivity index (χ0v) is 13.7. The van der Waals surface area contributed by atoms with E-state index in [2.05, 4.69) is 10.5 Å². The summed E-state index contributed by atoms with van der Waals surface area (Å²) in [6, 6.07) is 14.7. The molecular weight excluding hydrogens is 335 g/mol. The van der Waals surface area contributed by atoms with Crippen LogP contribution in [0.3, 0.4) is 0 Å². The monoisotopic (exact) mass is 350 g/mol. The van der Waals surface area contributed by atoms with Gasteiger partial charge in [-0.1, -0.05) is 30.3 Å². The smallest absolute Gasteiger partial charge is 0.275 e. The number of amides is 1. The molecule has 0 atom stereocenters. The number of hydrogen-bond acceptors (Lipinski definition) is 4. The summed E-state index contributed by atoms with van der Waals surface area (Å²) < 4.78 is 19.0. The molecule has 1 amide bonds. The molecule has 1 aliphatic rings. The van der Waals surface area contributed by atoms with Crippen LogP contribution >= 0.6 is 0 Å². The molecule has 0 radical (unpaired) electrons. The van der Waals surface area contributed by atoms with E-state index < -0.39 is 11.7 Å². The molecule has 26 heavy (non-hydrogen) atoms. The zero-order valence-electron chi connectivity index (χ0n) is 13.7. The number of benzene rings is 3. The molecule has 1 aliphatic heterocycles. The molecule has 0 spiro atoms. The number of nitrogens with one attached hydrogen (secondary N) is 1. The molecule has 0 unspecified atom stereocenters. The molecule has 0 aromatic heterocycles. The third kappa shape index (κ3) is 2.86. The first-order valence-corrected chi connectivity index (χ1v) is 8.14. The number of phenols is 1. The number of halogens is 1. The van der Waals surface area contributed by atoms with Crippen LogP contribution in [0.4, 0.5) is 4.39 Å². The summed E-state index contributed by atoms with van der Waals surface area (Å²) in [4.78, 5) is 12.4. The highest BCUT2D eigenvalue weighted by molar-refractivity contribution is 6.06. The first-order valence-electron chi connectivity index (χ1n) is 8.14. The molecule has 130 valence electrons. The fourth-order valence-corrected chi connectivity index (χ4v) is 2.98. The van der Waals surface area contributed by atoms with E-state index in [0.29, 0.717) is 35.4 Å². The lowest BCUT2D eigenvalue weighted by Gasteiger charge is -2.19. The minimum absolute atomic E-state index is 0.0979. The van der Waals surface area contributed by atoms with Gasteiger partial charge in [0.25, 0.3) is 5.91 Å². The van der Waals surface area contributed by atoms with Gasteiger partial charge in [0, 0.05) is 17.4 Å². The minimum atomic E-state index is -0.537. The maximum Gasteiger partial charge on any atom is 0.275 e. The summed E-state index contributed by atoms with van der Waals surface area (Å²) in [5, 5.41) is 15.9. The SMILES string of the molecule is O=C(N/N=C1/CCOc2ccc(F)cc21)c1ccc2ccccc2c1O. The first-order chi connectivity index (χ1) is 12.6. The number of hydrazone groups is 1. The average Bonchev–Trinajstić information content (AvgIpc) is 2.66. The lowest BCUT2D eigenvalue weighted by molar-refractivity contribution is 0.0952. The highest BCUT2D eigenvalue weighted by Crippen LogP contribution is 2.29. The molecule has 0 saturated carbocycles. The largest absolute Gasteiger partial charge is 0.506 e. The molecule has 1 heterocycles.